The van der Waals surface area contributed by atoms with Gasteiger partial charge in [0.15, 0.2) is 21.5 Å². The van der Waals surface area contributed by atoms with Crippen molar-refractivity contribution in [2.75, 3.05) is 14.2 Å². The van der Waals surface area contributed by atoms with E-state index in [0.717, 1.165) is 32.5 Å². The lowest BCUT2D eigenvalue weighted by Crippen LogP contribution is -1.90. The van der Waals surface area contributed by atoms with Crippen LogP contribution in [0.15, 0.2) is 59.3 Å². The van der Waals surface area contributed by atoms with E-state index in [2.05, 4.69) is 17.5 Å². The van der Waals surface area contributed by atoms with E-state index in [1.807, 2.05) is 41.8 Å². The maximum absolute atomic E-state index is 5.38. The molecule has 0 atom stereocenters. The van der Waals surface area contributed by atoms with Gasteiger partial charge < -0.3 is 9.47 Å². The molecule has 6 heteroatoms. The number of hydrogen-bond donors (Lipinski definition) is 0. The van der Waals surface area contributed by atoms with E-state index in [1.165, 1.54) is 0 Å². The number of methoxy groups -OCH3 is 2. The Kier molecular flexibility index (Phi) is 4.69. The smallest absolute Gasteiger partial charge is 0.161 e. The molecule has 0 aliphatic rings. The van der Waals surface area contributed by atoms with Crippen LogP contribution >= 0.6 is 22.7 Å². The van der Waals surface area contributed by atoms with Gasteiger partial charge in [-0.1, -0.05) is 30.3 Å². The molecular weight excluding hydrogens is 364 g/mol. The number of ether oxygens (including phenoxy) is 2. The van der Waals surface area contributed by atoms with Gasteiger partial charge in [-0.15, -0.1) is 22.7 Å². The number of hydrogen-bond acceptors (Lipinski definition) is 6. The van der Waals surface area contributed by atoms with E-state index >= 15 is 0 Å². The lowest BCUT2D eigenvalue weighted by atomic mass is 10.1. The average molecular weight is 380 g/mol. The summed E-state index contributed by atoms with van der Waals surface area (Å²) in [5.41, 5.74) is 3.99. The van der Waals surface area contributed by atoms with Crippen molar-refractivity contribution in [3.63, 3.8) is 0 Å². The molecule has 4 rings (SSSR count). The van der Waals surface area contributed by atoms with Gasteiger partial charge in [-0.2, -0.15) is 0 Å². The van der Waals surface area contributed by atoms with Crippen LogP contribution in [0.4, 0.5) is 0 Å². The highest BCUT2D eigenvalue weighted by atomic mass is 32.1. The fourth-order valence-corrected chi connectivity index (χ4v) is 4.32. The van der Waals surface area contributed by atoms with Gasteiger partial charge in [0.25, 0.3) is 0 Å². The highest BCUT2D eigenvalue weighted by molar-refractivity contribution is 7.20. The predicted molar refractivity (Wildman–Crippen MR) is 107 cm³/mol. The molecule has 26 heavy (non-hydrogen) atoms. The van der Waals surface area contributed by atoms with Gasteiger partial charge in [-0.3, -0.25) is 0 Å². The third-order valence-electron chi connectivity index (χ3n) is 3.94. The molecule has 0 saturated carbocycles. The second-order valence-corrected chi connectivity index (χ2v) is 7.23. The van der Waals surface area contributed by atoms with Crippen molar-refractivity contribution in [1.82, 2.24) is 9.97 Å². The number of nitrogens with zero attached hydrogens (tertiary/aromatic N) is 2. The number of benzene rings is 2. The molecule has 0 radical (unpaired) electrons. The van der Waals surface area contributed by atoms with Crippen LogP contribution in [0.5, 0.6) is 11.5 Å². The molecule has 130 valence electrons. The van der Waals surface area contributed by atoms with Crippen molar-refractivity contribution in [3.8, 4) is 44.0 Å². The average Bonchev–Trinajstić information content (AvgIpc) is 3.37. The molecule has 0 saturated heterocycles. The van der Waals surface area contributed by atoms with Crippen LogP contribution < -0.4 is 9.47 Å². The van der Waals surface area contributed by atoms with E-state index in [4.69, 9.17) is 19.4 Å². The summed E-state index contributed by atoms with van der Waals surface area (Å²) in [6.07, 6.45) is 0. The van der Waals surface area contributed by atoms with E-state index in [1.54, 1.807) is 36.9 Å². The maximum Gasteiger partial charge on any atom is 0.161 e. The zero-order valence-corrected chi connectivity index (χ0v) is 15.9. The van der Waals surface area contributed by atoms with Crippen molar-refractivity contribution in [3.05, 3.63) is 59.3 Å². The Morgan fingerprint density at radius 1 is 0.692 bits per heavy atom. The Balaban J connectivity index is 1.64. The highest BCUT2D eigenvalue weighted by Crippen LogP contribution is 2.36. The van der Waals surface area contributed by atoms with Crippen LogP contribution in [0, 0.1) is 0 Å². The molecule has 0 bridgehead atoms. The summed E-state index contributed by atoms with van der Waals surface area (Å²) < 4.78 is 10.7. The van der Waals surface area contributed by atoms with Crippen molar-refractivity contribution in [2.45, 2.75) is 0 Å². The third-order valence-corrected chi connectivity index (χ3v) is 5.77. The van der Waals surface area contributed by atoms with Crippen molar-refractivity contribution < 1.29 is 9.47 Å². The van der Waals surface area contributed by atoms with Crippen LogP contribution in [-0.4, -0.2) is 24.2 Å². The second kappa shape index (κ2) is 7.27. The molecule has 2 aromatic carbocycles. The second-order valence-electron chi connectivity index (χ2n) is 5.51. The van der Waals surface area contributed by atoms with Crippen molar-refractivity contribution in [1.29, 1.82) is 0 Å². The van der Waals surface area contributed by atoms with Gasteiger partial charge in [-0.25, -0.2) is 9.97 Å². The zero-order valence-electron chi connectivity index (χ0n) is 14.3. The van der Waals surface area contributed by atoms with Gasteiger partial charge in [0, 0.05) is 21.9 Å². The largest absolute Gasteiger partial charge is 0.493 e. The molecule has 0 N–H and O–H groups in total. The van der Waals surface area contributed by atoms with Crippen molar-refractivity contribution >= 4 is 22.7 Å². The number of rotatable bonds is 5. The Labute approximate surface area is 159 Å². The molecule has 0 aliphatic carbocycles. The fraction of sp³-hybridized carbons (Fsp3) is 0.100. The minimum absolute atomic E-state index is 0.695. The predicted octanol–water partition coefficient (Wildman–Crippen LogP) is 5.62. The van der Waals surface area contributed by atoms with Gasteiger partial charge >= 0.3 is 0 Å². The maximum atomic E-state index is 5.38. The van der Waals surface area contributed by atoms with Gasteiger partial charge in [0.2, 0.25) is 0 Å². The summed E-state index contributed by atoms with van der Waals surface area (Å²) in [6, 6.07) is 16.0. The van der Waals surface area contributed by atoms with Gasteiger partial charge in [0.1, 0.15) is 0 Å². The lowest BCUT2D eigenvalue weighted by Gasteiger charge is -2.08. The molecule has 4 aromatic rings. The number of thiazole rings is 2. The Morgan fingerprint density at radius 2 is 1.31 bits per heavy atom. The standard InChI is InChI=1S/C20H16N2O2S2/c1-23-17-9-8-14(10-18(17)24-2)16-12-26-20(22-16)19-21-15(11-25-19)13-6-4-3-5-7-13/h3-12H,1-2H3. The SMILES string of the molecule is COc1ccc(-c2csc(-c3nc(-c4ccccc4)cs3)n2)cc1OC. The first kappa shape index (κ1) is 16.8. The summed E-state index contributed by atoms with van der Waals surface area (Å²) in [6.45, 7) is 0. The molecule has 2 aromatic heterocycles. The molecule has 0 unspecified atom stereocenters. The zero-order chi connectivity index (χ0) is 17.9. The third kappa shape index (κ3) is 3.21. The quantitative estimate of drug-likeness (QED) is 0.451. The normalized spacial score (nSPS) is 10.7. The summed E-state index contributed by atoms with van der Waals surface area (Å²) in [5.74, 6) is 1.40. The summed E-state index contributed by atoms with van der Waals surface area (Å²) in [7, 11) is 3.26. The molecule has 4 nitrogen and oxygen atoms in total. The topological polar surface area (TPSA) is 44.2 Å². The Bertz CT molecular complexity index is 1030. The Morgan fingerprint density at radius 3 is 1.92 bits per heavy atom. The molecule has 0 spiro atoms. The molecule has 0 aliphatic heterocycles. The summed E-state index contributed by atoms with van der Waals surface area (Å²) in [5, 5.41) is 5.96. The van der Waals surface area contributed by atoms with Crippen LogP contribution in [0.3, 0.4) is 0 Å². The van der Waals surface area contributed by atoms with Crippen LogP contribution in [0.25, 0.3) is 32.5 Å². The molecule has 0 fully saturated rings. The minimum atomic E-state index is 0.695. The van der Waals surface area contributed by atoms with Gasteiger partial charge in [0.05, 0.1) is 25.6 Å². The fourth-order valence-electron chi connectivity index (χ4n) is 2.61. The first-order valence-electron chi connectivity index (χ1n) is 7.97. The highest BCUT2D eigenvalue weighted by Gasteiger charge is 2.13. The van der Waals surface area contributed by atoms with Crippen LogP contribution in [-0.2, 0) is 0 Å². The van der Waals surface area contributed by atoms with E-state index in [-0.39, 0.29) is 0 Å². The van der Waals surface area contributed by atoms with E-state index in [0.29, 0.717) is 11.5 Å². The molecule has 0 amide bonds. The van der Waals surface area contributed by atoms with E-state index < -0.39 is 0 Å². The Hall–Kier alpha value is -2.70. The molecular formula is C20H16N2O2S2. The van der Waals surface area contributed by atoms with Crippen molar-refractivity contribution in [2.24, 2.45) is 0 Å². The van der Waals surface area contributed by atoms with Crippen LogP contribution in [0.2, 0.25) is 0 Å². The number of aromatic nitrogens is 2. The summed E-state index contributed by atoms with van der Waals surface area (Å²) >= 11 is 3.21. The summed E-state index contributed by atoms with van der Waals surface area (Å²) in [4.78, 5) is 9.50. The lowest BCUT2D eigenvalue weighted by molar-refractivity contribution is 0.355. The van der Waals surface area contributed by atoms with Crippen LogP contribution in [0.1, 0.15) is 0 Å². The monoisotopic (exact) mass is 380 g/mol. The van der Waals surface area contributed by atoms with Gasteiger partial charge in [-0.05, 0) is 18.2 Å². The first-order chi connectivity index (χ1) is 12.8. The first-order valence-corrected chi connectivity index (χ1v) is 9.73. The minimum Gasteiger partial charge on any atom is -0.493 e. The van der Waals surface area contributed by atoms with E-state index in [9.17, 15) is 0 Å². The molecule has 2 heterocycles.